The molecule has 1 unspecified atom stereocenters. The van der Waals surface area contributed by atoms with Crippen LogP contribution in [0.1, 0.15) is 31.7 Å². The largest absolute Gasteiger partial charge is 0.395 e. The van der Waals surface area contributed by atoms with Gasteiger partial charge in [0.15, 0.2) is 0 Å². The topological polar surface area (TPSA) is 79.3 Å². The van der Waals surface area contributed by atoms with Gasteiger partial charge < -0.3 is 5.11 Å². The van der Waals surface area contributed by atoms with E-state index in [1.54, 1.807) is 0 Å². The summed E-state index contributed by atoms with van der Waals surface area (Å²) >= 11 is 0. The van der Waals surface area contributed by atoms with E-state index in [1.165, 1.54) is 18.5 Å². The van der Waals surface area contributed by atoms with E-state index in [4.69, 9.17) is 5.11 Å². The zero-order chi connectivity index (χ0) is 14.6. The summed E-state index contributed by atoms with van der Waals surface area (Å²) in [6.07, 6.45) is 5.34. The van der Waals surface area contributed by atoms with Crippen LogP contribution in [0.3, 0.4) is 0 Å². The van der Waals surface area contributed by atoms with Gasteiger partial charge in [-0.15, -0.1) is 0 Å². The van der Waals surface area contributed by atoms with Crippen LogP contribution < -0.4 is 4.72 Å². The van der Waals surface area contributed by atoms with Crippen LogP contribution in [0.4, 0.5) is 0 Å². The van der Waals surface area contributed by atoms with E-state index in [1.807, 2.05) is 6.92 Å². The zero-order valence-corrected chi connectivity index (χ0v) is 12.2. The predicted octanol–water partition coefficient (Wildman–Crippen LogP) is 0.892. The second-order valence-corrected chi connectivity index (χ2v) is 6.65. The molecule has 6 heteroatoms. The van der Waals surface area contributed by atoms with Crippen molar-refractivity contribution in [1.29, 1.82) is 0 Å². The van der Waals surface area contributed by atoms with Crippen molar-refractivity contribution in [2.24, 2.45) is 5.92 Å². The third-order valence-corrected chi connectivity index (χ3v) is 4.69. The van der Waals surface area contributed by atoms with Crippen LogP contribution in [0.25, 0.3) is 0 Å². The first-order chi connectivity index (χ1) is 9.53. The number of nitrogens with one attached hydrogen (secondary N) is 1. The summed E-state index contributed by atoms with van der Waals surface area (Å²) in [4.78, 5) is 4.04. The van der Waals surface area contributed by atoms with Crippen molar-refractivity contribution in [3.05, 3.63) is 24.0 Å². The van der Waals surface area contributed by atoms with Gasteiger partial charge in [-0.1, -0.05) is 11.8 Å². The molecule has 0 amide bonds. The maximum absolute atomic E-state index is 12.2. The van der Waals surface area contributed by atoms with E-state index >= 15 is 0 Å². The van der Waals surface area contributed by atoms with Gasteiger partial charge in [-0.3, -0.25) is 4.98 Å². The van der Waals surface area contributed by atoms with E-state index in [-0.39, 0.29) is 17.5 Å². The standard InChI is InChI=1S/C14H18N2O3S/c1-11(13-5-6-13)16-20(18,19)14-8-12(9-15-10-14)4-2-3-7-17/h8-11,13,16-17H,3,5-7H2,1H3. The highest BCUT2D eigenvalue weighted by Gasteiger charge is 2.31. The first kappa shape index (κ1) is 15.0. The summed E-state index contributed by atoms with van der Waals surface area (Å²) in [6, 6.07) is 1.45. The molecular formula is C14H18N2O3S. The molecule has 0 aliphatic heterocycles. The lowest BCUT2D eigenvalue weighted by molar-refractivity contribution is 0.305. The maximum atomic E-state index is 12.2. The van der Waals surface area contributed by atoms with Crippen LogP contribution in [0, 0.1) is 17.8 Å². The molecule has 1 aliphatic rings. The van der Waals surface area contributed by atoms with Crippen LogP contribution in [-0.2, 0) is 10.0 Å². The second kappa shape index (κ2) is 6.35. The average molecular weight is 294 g/mol. The monoisotopic (exact) mass is 294 g/mol. The van der Waals surface area contributed by atoms with Gasteiger partial charge in [0.05, 0.1) is 6.61 Å². The molecule has 1 aliphatic carbocycles. The molecule has 1 atom stereocenters. The summed E-state index contributed by atoms with van der Waals surface area (Å²) in [5, 5.41) is 8.66. The maximum Gasteiger partial charge on any atom is 0.242 e. The molecule has 108 valence electrons. The molecule has 1 aromatic rings. The fraction of sp³-hybridized carbons (Fsp3) is 0.500. The molecule has 20 heavy (non-hydrogen) atoms. The fourth-order valence-corrected chi connectivity index (χ4v) is 3.16. The highest BCUT2D eigenvalue weighted by molar-refractivity contribution is 7.89. The van der Waals surface area contributed by atoms with E-state index in [2.05, 4.69) is 21.5 Å². The van der Waals surface area contributed by atoms with Crippen LogP contribution >= 0.6 is 0 Å². The van der Waals surface area contributed by atoms with Gasteiger partial charge in [-0.25, -0.2) is 13.1 Å². The third kappa shape index (κ3) is 4.04. The molecule has 5 nitrogen and oxygen atoms in total. The lowest BCUT2D eigenvalue weighted by Crippen LogP contribution is -2.34. The van der Waals surface area contributed by atoms with Crippen molar-refractivity contribution < 1.29 is 13.5 Å². The predicted molar refractivity (Wildman–Crippen MR) is 75.3 cm³/mol. The van der Waals surface area contributed by atoms with Crippen LogP contribution in [0.2, 0.25) is 0 Å². The molecule has 1 saturated carbocycles. The van der Waals surface area contributed by atoms with Crippen molar-refractivity contribution in [1.82, 2.24) is 9.71 Å². The minimum Gasteiger partial charge on any atom is -0.395 e. The Labute approximate surface area is 119 Å². The number of aliphatic hydroxyl groups is 1. The van der Waals surface area contributed by atoms with E-state index in [0.717, 1.165) is 12.8 Å². The molecular weight excluding hydrogens is 276 g/mol. The van der Waals surface area contributed by atoms with Crippen molar-refractivity contribution in [2.75, 3.05) is 6.61 Å². The number of aliphatic hydroxyl groups excluding tert-OH is 1. The van der Waals surface area contributed by atoms with Crippen molar-refractivity contribution in [3.63, 3.8) is 0 Å². The van der Waals surface area contributed by atoms with Gasteiger partial charge in [0.1, 0.15) is 4.90 Å². The van der Waals surface area contributed by atoms with Crippen molar-refractivity contribution >= 4 is 10.0 Å². The number of rotatable bonds is 5. The molecule has 0 aromatic carbocycles. The summed E-state index contributed by atoms with van der Waals surface area (Å²) in [5.41, 5.74) is 0.528. The highest BCUT2D eigenvalue weighted by Crippen LogP contribution is 2.32. The number of hydrogen-bond donors (Lipinski definition) is 2. The Balaban J connectivity index is 2.15. The Morgan fingerprint density at radius 2 is 2.25 bits per heavy atom. The van der Waals surface area contributed by atoms with Crippen LogP contribution in [-0.4, -0.2) is 31.2 Å². The summed E-state index contributed by atoms with van der Waals surface area (Å²) in [6.45, 7) is 1.87. The molecule has 1 fully saturated rings. The van der Waals surface area contributed by atoms with Gasteiger partial charge in [0, 0.05) is 30.4 Å². The minimum absolute atomic E-state index is 0.0150. The number of nitrogens with zero attached hydrogens (tertiary/aromatic N) is 1. The average Bonchev–Trinajstić information content (AvgIpc) is 3.23. The van der Waals surface area contributed by atoms with Gasteiger partial charge in [0.25, 0.3) is 0 Å². The van der Waals surface area contributed by atoms with E-state index in [9.17, 15) is 8.42 Å². The zero-order valence-electron chi connectivity index (χ0n) is 11.3. The molecule has 2 rings (SSSR count). The Morgan fingerprint density at radius 1 is 1.50 bits per heavy atom. The lowest BCUT2D eigenvalue weighted by Gasteiger charge is -2.13. The smallest absolute Gasteiger partial charge is 0.242 e. The lowest BCUT2D eigenvalue weighted by atomic mass is 10.2. The van der Waals surface area contributed by atoms with E-state index < -0.39 is 10.0 Å². The quantitative estimate of drug-likeness (QED) is 0.791. The normalized spacial score (nSPS) is 16.3. The number of sulfonamides is 1. The molecule has 2 N–H and O–H groups in total. The number of hydrogen-bond acceptors (Lipinski definition) is 4. The van der Waals surface area contributed by atoms with Crippen molar-refractivity contribution in [2.45, 2.75) is 37.1 Å². The molecule has 0 spiro atoms. The van der Waals surface area contributed by atoms with Crippen molar-refractivity contribution in [3.8, 4) is 11.8 Å². The SMILES string of the molecule is CC(NS(=O)(=O)c1cncc(C#CCCO)c1)C1CC1. The summed E-state index contributed by atoms with van der Waals surface area (Å²) in [5.74, 6) is 5.97. The summed E-state index contributed by atoms with van der Waals surface area (Å²) < 4.78 is 27.1. The molecule has 1 heterocycles. The highest BCUT2D eigenvalue weighted by atomic mass is 32.2. The Morgan fingerprint density at radius 3 is 2.90 bits per heavy atom. The Hall–Kier alpha value is -1.42. The number of pyridine rings is 1. The van der Waals surface area contributed by atoms with E-state index in [0.29, 0.717) is 17.9 Å². The first-order valence-corrected chi connectivity index (χ1v) is 8.08. The number of aromatic nitrogens is 1. The third-order valence-electron chi connectivity index (χ3n) is 3.16. The van der Waals surface area contributed by atoms with Crippen LogP contribution in [0.5, 0.6) is 0 Å². The Bertz CT molecular complexity index is 627. The minimum atomic E-state index is -3.55. The fourth-order valence-electron chi connectivity index (χ4n) is 1.86. The Kier molecular flexibility index (Phi) is 4.76. The van der Waals surface area contributed by atoms with Crippen LogP contribution in [0.15, 0.2) is 23.4 Å². The second-order valence-electron chi connectivity index (χ2n) is 4.93. The van der Waals surface area contributed by atoms with Gasteiger partial charge in [-0.05, 0) is 31.7 Å². The molecule has 0 bridgehead atoms. The molecule has 0 radical (unpaired) electrons. The molecule has 0 saturated heterocycles. The van der Waals surface area contributed by atoms with Gasteiger partial charge in [0.2, 0.25) is 10.0 Å². The first-order valence-electron chi connectivity index (χ1n) is 6.60. The summed E-state index contributed by atoms with van der Waals surface area (Å²) in [7, 11) is -3.55. The van der Waals surface area contributed by atoms with Gasteiger partial charge in [-0.2, -0.15) is 0 Å². The molecule has 1 aromatic heterocycles. The van der Waals surface area contributed by atoms with Gasteiger partial charge >= 0.3 is 0 Å².